The van der Waals surface area contributed by atoms with E-state index in [2.05, 4.69) is 0 Å². The van der Waals surface area contributed by atoms with Crippen molar-refractivity contribution in [1.29, 1.82) is 0 Å². The number of rotatable bonds is 9. The number of aldehydes is 1. The van der Waals surface area contributed by atoms with E-state index in [0.29, 0.717) is 0 Å². The molecule has 0 heterocycles. The van der Waals surface area contributed by atoms with E-state index in [1.165, 1.54) is 27.7 Å². The van der Waals surface area contributed by atoms with E-state index in [9.17, 15) is 29.1 Å². The minimum absolute atomic E-state index is 0.0844. The zero-order chi connectivity index (χ0) is 17.6. The molecule has 5 unspecified atom stereocenters. The molecule has 0 aliphatic rings. The number of ketones is 2. The molecule has 0 fully saturated rings. The van der Waals surface area contributed by atoms with Crippen molar-refractivity contribution in [3.8, 4) is 0 Å². The lowest BCUT2D eigenvalue weighted by atomic mass is 9.72. The van der Waals surface area contributed by atoms with E-state index in [-0.39, 0.29) is 17.9 Å². The lowest BCUT2D eigenvalue weighted by Crippen LogP contribution is -2.50. The first kappa shape index (κ1) is 19.9. The quantitative estimate of drug-likeness (QED) is 0.360. The van der Waals surface area contributed by atoms with Crippen molar-refractivity contribution in [3.63, 3.8) is 0 Å². The fraction of sp³-hybridized carbons (Fsp3) is 0.643. The summed E-state index contributed by atoms with van der Waals surface area (Å²) in [5, 5.41) is 11.2. The van der Waals surface area contributed by atoms with Crippen LogP contribution in [-0.4, -0.2) is 41.0 Å². The van der Waals surface area contributed by atoms with Crippen molar-refractivity contribution in [2.75, 3.05) is 0 Å². The van der Waals surface area contributed by atoms with Gasteiger partial charge >= 0.3 is 0 Å². The molecule has 124 valence electrons. The van der Waals surface area contributed by atoms with Crippen LogP contribution in [0.4, 0.5) is 0 Å². The van der Waals surface area contributed by atoms with E-state index >= 15 is 0 Å². The van der Waals surface area contributed by atoms with Crippen molar-refractivity contribution in [1.82, 2.24) is 5.32 Å². The van der Waals surface area contributed by atoms with Crippen LogP contribution in [0.2, 0.25) is 0 Å². The summed E-state index contributed by atoms with van der Waals surface area (Å²) in [5.74, 6) is -6.84. The highest BCUT2D eigenvalue weighted by Crippen LogP contribution is 2.29. The number of hydrogen-bond acceptors (Lipinski definition) is 6. The highest BCUT2D eigenvalue weighted by Gasteiger charge is 2.43. The predicted octanol–water partition coefficient (Wildman–Crippen LogP) is -1.21. The summed E-state index contributed by atoms with van der Waals surface area (Å²) >= 11 is 0. The molecule has 8 nitrogen and oxygen atoms in total. The summed E-state index contributed by atoms with van der Waals surface area (Å²) in [6, 6.07) is 0. The summed E-state index contributed by atoms with van der Waals surface area (Å²) < 4.78 is 0. The first-order valence-corrected chi connectivity index (χ1v) is 6.78. The number of carbonyl (C=O) groups is 5. The average Bonchev–Trinajstić information content (AvgIpc) is 2.41. The Morgan fingerprint density at radius 3 is 1.73 bits per heavy atom. The molecule has 2 amide bonds. The number of amides is 2. The Morgan fingerprint density at radius 2 is 1.41 bits per heavy atom. The Morgan fingerprint density at radius 1 is 1.00 bits per heavy atom. The molecule has 4 N–H and O–H groups in total. The van der Waals surface area contributed by atoms with Gasteiger partial charge in [-0.3, -0.25) is 24.0 Å². The lowest BCUT2D eigenvalue weighted by Gasteiger charge is -2.31. The molecule has 22 heavy (non-hydrogen) atoms. The maximum absolute atomic E-state index is 12.2. The molecular weight excluding hydrogens is 292 g/mol. The molecule has 0 aliphatic heterocycles. The van der Waals surface area contributed by atoms with E-state index in [0.717, 1.165) is 0 Å². The second-order valence-electron chi connectivity index (χ2n) is 5.34. The monoisotopic (exact) mass is 314 g/mol. The van der Waals surface area contributed by atoms with Crippen molar-refractivity contribution in [2.24, 2.45) is 29.4 Å². The Hall–Kier alpha value is -2.09. The number of carbonyl (C=O) groups excluding carboxylic acids is 5. The maximum Gasteiger partial charge on any atom is 0.226 e. The van der Waals surface area contributed by atoms with Gasteiger partial charge < -0.3 is 16.2 Å². The third-order valence-corrected chi connectivity index (χ3v) is 3.80. The van der Waals surface area contributed by atoms with E-state index in [1.54, 1.807) is 0 Å². The first-order chi connectivity index (χ1) is 10.0. The van der Waals surface area contributed by atoms with E-state index in [1.807, 2.05) is 5.32 Å². The van der Waals surface area contributed by atoms with E-state index in [4.69, 9.17) is 5.73 Å². The largest absolute Gasteiger partial charge is 0.369 e. The molecular formula is C14H22N2O6. The molecule has 8 heteroatoms. The standard InChI is InChI=1S/C14H22N2O6/c1-6(8(3)18)11(13(15)21)12(7(2)9(4)19)14(22)16-10(20)5-17/h5-7,10-12,20H,1-4H3,(H2,15,21)(H,16,22). The Kier molecular flexibility index (Phi) is 7.58. The summed E-state index contributed by atoms with van der Waals surface area (Å²) in [7, 11) is 0. The number of hydrogen-bond donors (Lipinski definition) is 3. The van der Waals surface area contributed by atoms with Gasteiger partial charge in [0.25, 0.3) is 0 Å². The normalized spacial score (nSPS) is 17.5. The van der Waals surface area contributed by atoms with Gasteiger partial charge in [0, 0.05) is 11.8 Å². The lowest BCUT2D eigenvalue weighted by molar-refractivity contribution is -0.145. The van der Waals surface area contributed by atoms with Crippen LogP contribution in [0, 0.1) is 23.7 Å². The third-order valence-electron chi connectivity index (χ3n) is 3.80. The van der Waals surface area contributed by atoms with Gasteiger partial charge in [-0.05, 0) is 13.8 Å². The SMILES string of the molecule is CC(=O)C(C)C(C(N)=O)C(C(=O)NC(O)C=O)C(C)C(C)=O. The van der Waals surface area contributed by atoms with Crippen LogP contribution in [-0.2, 0) is 24.0 Å². The van der Waals surface area contributed by atoms with E-state index < -0.39 is 41.7 Å². The number of Topliss-reactive ketones (excluding diaryl/α,β-unsaturated/α-hetero) is 2. The number of nitrogens with two attached hydrogens (primary N) is 1. The summed E-state index contributed by atoms with van der Waals surface area (Å²) in [4.78, 5) is 57.6. The van der Waals surface area contributed by atoms with Crippen LogP contribution in [0.25, 0.3) is 0 Å². The van der Waals surface area contributed by atoms with Crippen LogP contribution in [0.3, 0.4) is 0 Å². The topological polar surface area (TPSA) is 144 Å². The van der Waals surface area contributed by atoms with Gasteiger partial charge in [0.15, 0.2) is 12.5 Å². The maximum atomic E-state index is 12.2. The molecule has 0 aromatic carbocycles. The second-order valence-corrected chi connectivity index (χ2v) is 5.34. The smallest absolute Gasteiger partial charge is 0.226 e. The van der Waals surface area contributed by atoms with Crippen molar-refractivity contribution in [3.05, 3.63) is 0 Å². The highest BCUT2D eigenvalue weighted by atomic mass is 16.3. The molecule has 0 aromatic heterocycles. The highest BCUT2D eigenvalue weighted by molar-refractivity contribution is 5.95. The van der Waals surface area contributed by atoms with Gasteiger partial charge in [0.2, 0.25) is 11.8 Å². The number of aliphatic hydroxyl groups is 1. The Bertz CT molecular complexity index is 476. The summed E-state index contributed by atoms with van der Waals surface area (Å²) in [6.45, 7) is 5.33. The Labute approximate surface area is 128 Å². The zero-order valence-electron chi connectivity index (χ0n) is 13.0. The van der Waals surface area contributed by atoms with Crippen molar-refractivity contribution in [2.45, 2.75) is 33.9 Å². The van der Waals surface area contributed by atoms with Crippen LogP contribution in [0.5, 0.6) is 0 Å². The minimum atomic E-state index is -1.77. The van der Waals surface area contributed by atoms with Crippen LogP contribution >= 0.6 is 0 Å². The van der Waals surface area contributed by atoms with Gasteiger partial charge in [-0.15, -0.1) is 0 Å². The molecule has 0 saturated carbocycles. The minimum Gasteiger partial charge on any atom is -0.369 e. The molecule has 0 saturated heterocycles. The summed E-state index contributed by atoms with van der Waals surface area (Å²) in [6.07, 6.45) is -1.68. The van der Waals surface area contributed by atoms with Gasteiger partial charge in [-0.1, -0.05) is 13.8 Å². The average molecular weight is 314 g/mol. The van der Waals surface area contributed by atoms with Gasteiger partial charge in [0.1, 0.15) is 11.6 Å². The van der Waals surface area contributed by atoms with Crippen LogP contribution in [0.15, 0.2) is 0 Å². The van der Waals surface area contributed by atoms with Gasteiger partial charge in [0.05, 0.1) is 11.8 Å². The molecule has 0 bridgehead atoms. The third kappa shape index (κ3) is 5.03. The van der Waals surface area contributed by atoms with Crippen molar-refractivity contribution >= 4 is 29.7 Å². The number of primary amides is 1. The van der Waals surface area contributed by atoms with Gasteiger partial charge in [-0.2, -0.15) is 0 Å². The fourth-order valence-electron chi connectivity index (χ4n) is 2.22. The molecule has 0 aliphatic carbocycles. The zero-order valence-corrected chi connectivity index (χ0v) is 13.0. The molecule has 0 rings (SSSR count). The first-order valence-electron chi connectivity index (χ1n) is 6.78. The molecule has 0 aromatic rings. The number of aliphatic hydroxyl groups excluding tert-OH is 1. The predicted molar refractivity (Wildman–Crippen MR) is 76.1 cm³/mol. The molecule has 0 radical (unpaired) electrons. The fourth-order valence-corrected chi connectivity index (χ4v) is 2.22. The van der Waals surface area contributed by atoms with Gasteiger partial charge in [-0.25, -0.2) is 0 Å². The molecule has 5 atom stereocenters. The van der Waals surface area contributed by atoms with Crippen LogP contribution in [0.1, 0.15) is 27.7 Å². The van der Waals surface area contributed by atoms with Crippen LogP contribution < -0.4 is 11.1 Å². The van der Waals surface area contributed by atoms with Crippen molar-refractivity contribution < 1.29 is 29.1 Å². The summed E-state index contributed by atoms with van der Waals surface area (Å²) in [5.41, 5.74) is 5.30. The second kappa shape index (κ2) is 8.38. The Balaban J connectivity index is 5.75. The number of nitrogens with one attached hydrogen (secondary N) is 1. The molecule has 0 spiro atoms.